The summed E-state index contributed by atoms with van der Waals surface area (Å²) in [5.74, 6) is 0.103. The Morgan fingerprint density at radius 1 is 1.46 bits per heavy atom. The van der Waals surface area contributed by atoms with E-state index in [4.69, 9.17) is 0 Å². The lowest BCUT2D eigenvalue weighted by Gasteiger charge is -2.23. The van der Waals surface area contributed by atoms with E-state index >= 15 is 0 Å². The maximum atomic E-state index is 11.4. The summed E-state index contributed by atoms with van der Waals surface area (Å²) in [6.45, 7) is 2.04. The minimum Gasteiger partial charge on any atom is -0.322 e. The van der Waals surface area contributed by atoms with Crippen molar-refractivity contribution in [1.29, 1.82) is 0 Å². The van der Waals surface area contributed by atoms with E-state index in [0.29, 0.717) is 12.2 Å². The maximum Gasteiger partial charge on any atom is 0.322 e. The van der Waals surface area contributed by atoms with Crippen LogP contribution >= 0.6 is 12.6 Å². The number of rotatable bonds is 4. The van der Waals surface area contributed by atoms with E-state index in [2.05, 4.69) is 23.3 Å². The Morgan fingerprint density at radius 2 is 2.15 bits per heavy atom. The third-order valence-electron chi connectivity index (χ3n) is 2.24. The highest BCUT2D eigenvalue weighted by atomic mass is 32.1. The van der Waals surface area contributed by atoms with Crippen LogP contribution in [0.25, 0.3) is 0 Å². The quantitative estimate of drug-likeness (QED) is 0.464. The van der Waals surface area contributed by atoms with Gasteiger partial charge in [0.25, 0.3) is 5.91 Å². The number of amides is 3. The first-order chi connectivity index (χ1) is 6.14. The molecule has 0 aromatic carbocycles. The predicted octanol–water partition coefficient (Wildman–Crippen LogP) is 0.685. The molecule has 74 valence electrons. The average molecular weight is 202 g/mol. The van der Waals surface area contributed by atoms with Gasteiger partial charge in [0.05, 0.1) is 0 Å². The second-order valence-corrected chi connectivity index (χ2v) is 3.57. The molecular formula is C8H14N2O2S. The van der Waals surface area contributed by atoms with Crippen LogP contribution in [0.5, 0.6) is 0 Å². The molecule has 1 atom stereocenters. The third-order valence-corrected chi connectivity index (χ3v) is 2.78. The number of urea groups is 1. The molecule has 1 unspecified atom stereocenters. The molecule has 0 spiro atoms. The van der Waals surface area contributed by atoms with E-state index in [0.717, 1.165) is 12.8 Å². The second kappa shape index (κ2) is 4.00. The van der Waals surface area contributed by atoms with Crippen LogP contribution in [0.1, 0.15) is 26.2 Å². The SMILES string of the molecule is CCCCC1(CS)NC(=O)NC1=O. The molecule has 0 saturated carbocycles. The van der Waals surface area contributed by atoms with Gasteiger partial charge in [0, 0.05) is 5.75 Å². The molecule has 0 aliphatic carbocycles. The molecule has 1 aliphatic heterocycles. The molecule has 0 aromatic rings. The maximum absolute atomic E-state index is 11.4. The molecule has 1 heterocycles. The van der Waals surface area contributed by atoms with Gasteiger partial charge < -0.3 is 5.32 Å². The minimum atomic E-state index is -0.768. The average Bonchev–Trinajstić information content (AvgIpc) is 2.38. The molecule has 1 aliphatic rings. The highest BCUT2D eigenvalue weighted by molar-refractivity contribution is 7.80. The molecule has 5 heteroatoms. The van der Waals surface area contributed by atoms with Crippen LogP contribution < -0.4 is 10.6 Å². The van der Waals surface area contributed by atoms with Crippen LogP contribution in [0.3, 0.4) is 0 Å². The van der Waals surface area contributed by atoms with Gasteiger partial charge in [-0.25, -0.2) is 4.79 Å². The van der Waals surface area contributed by atoms with Crippen LogP contribution in [-0.4, -0.2) is 23.2 Å². The van der Waals surface area contributed by atoms with Crippen molar-refractivity contribution in [2.24, 2.45) is 0 Å². The van der Waals surface area contributed by atoms with E-state index < -0.39 is 11.6 Å². The number of carbonyl (C=O) groups is 2. The number of hydrogen-bond acceptors (Lipinski definition) is 3. The van der Waals surface area contributed by atoms with Crippen molar-refractivity contribution in [2.45, 2.75) is 31.7 Å². The molecule has 0 aromatic heterocycles. The first-order valence-corrected chi connectivity index (χ1v) is 5.02. The zero-order chi connectivity index (χ0) is 9.90. The smallest absolute Gasteiger partial charge is 0.322 e. The van der Waals surface area contributed by atoms with E-state index in [1.54, 1.807) is 0 Å². The van der Waals surface area contributed by atoms with Gasteiger partial charge in [-0.15, -0.1) is 0 Å². The molecule has 13 heavy (non-hydrogen) atoms. The third kappa shape index (κ3) is 1.96. The van der Waals surface area contributed by atoms with Crippen molar-refractivity contribution in [3.05, 3.63) is 0 Å². The summed E-state index contributed by atoms with van der Waals surface area (Å²) in [5, 5.41) is 4.86. The lowest BCUT2D eigenvalue weighted by molar-refractivity contribution is -0.123. The normalized spacial score (nSPS) is 27.2. The molecule has 2 N–H and O–H groups in total. The number of thiol groups is 1. The van der Waals surface area contributed by atoms with E-state index in [1.165, 1.54) is 0 Å². The minimum absolute atomic E-state index is 0.249. The fourth-order valence-corrected chi connectivity index (χ4v) is 1.75. The molecule has 3 amide bonds. The number of carbonyl (C=O) groups excluding carboxylic acids is 2. The van der Waals surface area contributed by atoms with Crippen molar-refractivity contribution in [3.8, 4) is 0 Å². The van der Waals surface area contributed by atoms with Crippen molar-refractivity contribution in [3.63, 3.8) is 0 Å². The summed E-state index contributed by atoms with van der Waals surface area (Å²) < 4.78 is 0. The molecule has 1 rings (SSSR count). The Hall–Kier alpha value is -0.710. The molecular weight excluding hydrogens is 188 g/mol. The van der Waals surface area contributed by atoms with Gasteiger partial charge in [-0.3, -0.25) is 10.1 Å². The van der Waals surface area contributed by atoms with Crippen LogP contribution in [0.2, 0.25) is 0 Å². The van der Waals surface area contributed by atoms with Gasteiger partial charge >= 0.3 is 6.03 Å². The highest BCUT2D eigenvalue weighted by Crippen LogP contribution is 2.19. The van der Waals surface area contributed by atoms with Crippen LogP contribution in [0.4, 0.5) is 4.79 Å². The zero-order valence-electron chi connectivity index (χ0n) is 7.59. The summed E-state index contributed by atoms with van der Waals surface area (Å²) >= 11 is 4.10. The number of hydrogen-bond donors (Lipinski definition) is 3. The van der Waals surface area contributed by atoms with Crippen molar-refractivity contribution in [1.82, 2.24) is 10.6 Å². The Bertz CT molecular complexity index is 232. The number of nitrogens with one attached hydrogen (secondary N) is 2. The Morgan fingerprint density at radius 3 is 2.54 bits per heavy atom. The molecule has 0 bridgehead atoms. The topological polar surface area (TPSA) is 58.2 Å². The van der Waals surface area contributed by atoms with Gasteiger partial charge in [0.1, 0.15) is 5.54 Å². The van der Waals surface area contributed by atoms with Gasteiger partial charge in [0.15, 0.2) is 0 Å². The molecule has 1 saturated heterocycles. The van der Waals surface area contributed by atoms with E-state index in [-0.39, 0.29) is 5.91 Å². The first kappa shape index (κ1) is 10.4. The lowest BCUT2D eigenvalue weighted by atomic mass is 9.95. The Labute approximate surface area is 82.9 Å². The largest absolute Gasteiger partial charge is 0.322 e. The van der Waals surface area contributed by atoms with Crippen LogP contribution in [0.15, 0.2) is 0 Å². The predicted molar refractivity (Wildman–Crippen MR) is 52.8 cm³/mol. The second-order valence-electron chi connectivity index (χ2n) is 3.25. The Kier molecular flexibility index (Phi) is 3.19. The fourth-order valence-electron chi connectivity index (χ4n) is 1.37. The number of unbranched alkanes of at least 4 members (excludes halogenated alkanes) is 1. The summed E-state index contributed by atoms with van der Waals surface area (Å²) in [5.41, 5.74) is -0.768. The molecule has 0 radical (unpaired) electrons. The summed E-state index contributed by atoms with van der Waals surface area (Å²) in [6.07, 6.45) is 2.57. The molecule has 4 nitrogen and oxygen atoms in total. The monoisotopic (exact) mass is 202 g/mol. The zero-order valence-corrected chi connectivity index (χ0v) is 8.49. The van der Waals surface area contributed by atoms with Gasteiger partial charge in [0.2, 0.25) is 0 Å². The summed E-state index contributed by atoms with van der Waals surface area (Å²) in [7, 11) is 0. The standard InChI is InChI=1S/C8H14N2O2S/c1-2-3-4-8(5-13)6(11)9-7(12)10-8/h13H,2-5H2,1H3,(H2,9,10,11,12). The van der Waals surface area contributed by atoms with Crippen LogP contribution in [0, 0.1) is 0 Å². The lowest BCUT2D eigenvalue weighted by Crippen LogP contribution is -2.48. The van der Waals surface area contributed by atoms with E-state index in [9.17, 15) is 9.59 Å². The van der Waals surface area contributed by atoms with Crippen LogP contribution in [-0.2, 0) is 4.79 Å². The summed E-state index contributed by atoms with van der Waals surface area (Å²) in [6, 6.07) is -0.407. The first-order valence-electron chi connectivity index (χ1n) is 4.39. The van der Waals surface area contributed by atoms with Crippen molar-refractivity contribution >= 4 is 24.6 Å². The summed E-state index contributed by atoms with van der Waals surface area (Å²) in [4.78, 5) is 22.3. The highest BCUT2D eigenvalue weighted by Gasteiger charge is 2.44. The van der Waals surface area contributed by atoms with Gasteiger partial charge in [-0.05, 0) is 6.42 Å². The fraction of sp³-hybridized carbons (Fsp3) is 0.750. The number of imide groups is 1. The van der Waals surface area contributed by atoms with Crippen molar-refractivity contribution < 1.29 is 9.59 Å². The van der Waals surface area contributed by atoms with Gasteiger partial charge in [-0.2, -0.15) is 12.6 Å². The Balaban J connectivity index is 2.68. The van der Waals surface area contributed by atoms with E-state index in [1.807, 2.05) is 6.92 Å². The van der Waals surface area contributed by atoms with Gasteiger partial charge in [-0.1, -0.05) is 19.8 Å². The van der Waals surface area contributed by atoms with Crippen molar-refractivity contribution in [2.75, 3.05) is 5.75 Å². The molecule has 1 fully saturated rings.